The Morgan fingerprint density at radius 3 is 2.50 bits per heavy atom. The number of hydrogen-bond donors (Lipinski definition) is 0. The van der Waals surface area contributed by atoms with Crippen LogP contribution in [-0.4, -0.2) is 37.8 Å². The topological polar surface area (TPSA) is 54.5 Å². The first-order chi connectivity index (χ1) is 8.44. The van der Waals surface area contributed by atoms with Crippen molar-refractivity contribution in [1.82, 2.24) is 4.90 Å². The first-order valence-corrected chi connectivity index (χ1v) is 7.36. The summed E-state index contributed by atoms with van der Waals surface area (Å²) in [7, 11) is -1.78. The van der Waals surface area contributed by atoms with Crippen LogP contribution in [-0.2, 0) is 21.2 Å². The van der Waals surface area contributed by atoms with Gasteiger partial charge in [-0.1, -0.05) is 36.4 Å². The molecular weight excluding hydrogens is 250 g/mol. The highest BCUT2D eigenvalue weighted by Crippen LogP contribution is 2.04. The van der Waals surface area contributed by atoms with Gasteiger partial charge in [0.2, 0.25) is 5.91 Å². The molecule has 98 valence electrons. The van der Waals surface area contributed by atoms with Gasteiger partial charge in [0.05, 0.1) is 5.75 Å². The quantitative estimate of drug-likeness (QED) is 0.729. The molecule has 0 bridgehead atoms. The molecule has 0 saturated carbocycles. The van der Waals surface area contributed by atoms with Crippen LogP contribution >= 0.6 is 0 Å². The summed E-state index contributed by atoms with van der Waals surface area (Å²) >= 11 is 0. The predicted molar refractivity (Wildman–Crippen MR) is 71.8 cm³/mol. The van der Waals surface area contributed by atoms with Crippen LogP contribution in [0.1, 0.15) is 5.56 Å². The van der Waals surface area contributed by atoms with Gasteiger partial charge < -0.3 is 4.90 Å². The second kappa shape index (κ2) is 6.35. The molecule has 0 N–H and O–H groups in total. The number of carbonyl (C=O) groups excluding carboxylic acids is 1. The molecule has 0 radical (unpaired) electrons. The van der Waals surface area contributed by atoms with Crippen LogP contribution in [0.2, 0.25) is 0 Å². The van der Waals surface area contributed by atoms with E-state index in [0.29, 0.717) is 6.54 Å². The van der Waals surface area contributed by atoms with Crippen molar-refractivity contribution in [1.29, 1.82) is 0 Å². The fourth-order valence-corrected chi connectivity index (χ4v) is 2.56. The number of carbonyl (C=O) groups is 1. The maximum absolute atomic E-state index is 11.8. The van der Waals surface area contributed by atoms with E-state index in [9.17, 15) is 13.2 Å². The molecule has 4 nitrogen and oxygen atoms in total. The summed E-state index contributed by atoms with van der Waals surface area (Å²) in [5.74, 6) is -1.04. The maximum atomic E-state index is 11.8. The molecule has 5 heteroatoms. The molecule has 0 fully saturated rings. The third kappa shape index (κ3) is 4.71. The summed E-state index contributed by atoms with van der Waals surface area (Å²) in [5, 5.41) is 0. The van der Waals surface area contributed by atoms with Crippen molar-refractivity contribution < 1.29 is 13.2 Å². The van der Waals surface area contributed by atoms with Crippen molar-refractivity contribution in [2.45, 2.75) is 6.54 Å². The molecule has 0 saturated heterocycles. The van der Waals surface area contributed by atoms with Crippen LogP contribution in [0.15, 0.2) is 43.0 Å². The minimum absolute atomic E-state index is 0.169. The van der Waals surface area contributed by atoms with E-state index < -0.39 is 21.5 Å². The van der Waals surface area contributed by atoms with Gasteiger partial charge in [-0.3, -0.25) is 4.79 Å². The highest BCUT2D eigenvalue weighted by atomic mass is 32.2. The molecule has 1 amide bonds. The van der Waals surface area contributed by atoms with Crippen LogP contribution in [0.4, 0.5) is 0 Å². The first-order valence-electron chi connectivity index (χ1n) is 5.54. The Morgan fingerprint density at radius 2 is 1.94 bits per heavy atom. The second-order valence-electron chi connectivity index (χ2n) is 4.08. The number of benzene rings is 1. The number of rotatable bonds is 6. The Balaban J connectivity index is 2.60. The zero-order valence-electron chi connectivity index (χ0n) is 10.4. The Labute approximate surface area is 108 Å². The molecular formula is C13H17NO3S. The van der Waals surface area contributed by atoms with Gasteiger partial charge in [0.1, 0.15) is 5.75 Å². The lowest BCUT2D eigenvalue weighted by Crippen LogP contribution is -2.32. The molecule has 18 heavy (non-hydrogen) atoms. The zero-order valence-corrected chi connectivity index (χ0v) is 11.2. The van der Waals surface area contributed by atoms with E-state index >= 15 is 0 Å². The van der Waals surface area contributed by atoms with Crippen molar-refractivity contribution in [3.8, 4) is 0 Å². The molecule has 0 heterocycles. The van der Waals surface area contributed by atoms with Crippen LogP contribution in [0.3, 0.4) is 0 Å². The number of amides is 1. The van der Waals surface area contributed by atoms with Gasteiger partial charge in [0.25, 0.3) is 0 Å². The fourth-order valence-electron chi connectivity index (χ4n) is 1.48. The molecule has 0 aliphatic heterocycles. The van der Waals surface area contributed by atoms with E-state index in [4.69, 9.17) is 0 Å². The summed E-state index contributed by atoms with van der Waals surface area (Å²) in [5.41, 5.74) is 0.967. The van der Waals surface area contributed by atoms with Gasteiger partial charge in [-0.2, -0.15) is 0 Å². The van der Waals surface area contributed by atoms with E-state index in [-0.39, 0.29) is 5.75 Å². The predicted octanol–water partition coefficient (Wildman–Crippen LogP) is 1.25. The van der Waals surface area contributed by atoms with Crippen molar-refractivity contribution in [2.75, 3.05) is 18.6 Å². The summed E-state index contributed by atoms with van der Waals surface area (Å²) in [4.78, 5) is 13.2. The van der Waals surface area contributed by atoms with Crippen molar-refractivity contribution in [3.05, 3.63) is 48.6 Å². The lowest BCUT2D eigenvalue weighted by molar-refractivity contribution is -0.127. The van der Waals surface area contributed by atoms with E-state index in [2.05, 4.69) is 6.58 Å². The molecule has 0 aliphatic rings. The Morgan fingerprint density at radius 1 is 1.33 bits per heavy atom. The van der Waals surface area contributed by atoms with Gasteiger partial charge in [0.15, 0.2) is 9.84 Å². The van der Waals surface area contributed by atoms with Gasteiger partial charge in [-0.25, -0.2) is 8.42 Å². The van der Waals surface area contributed by atoms with Gasteiger partial charge in [0, 0.05) is 13.6 Å². The average molecular weight is 267 g/mol. The average Bonchev–Trinajstić information content (AvgIpc) is 2.29. The summed E-state index contributed by atoms with van der Waals surface area (Å²) in [6.45, 7) is 3.77. The zero-order chi connectivity index (χ0) is 13.6. The Hall–Kier alpha value is -1.62. The minimum Gasteiger partial charge on any atom is -0.341 e. The molecule has 1 aromatic rings. The van der Waals surface area contributed by atoms with Crippen LogP contribution in [0.5, 0.6) is 0 Å². The summed E-state index contributed by atoms with van der Waals surface area (Å²) in [6.07, 6.45) is 1.29. The summed E-state index contributed by atoms with van der Waals surface area (Å²) in [6, 6.07) is 9.42. The van der Waals surface area contributed by atoms with E-state index in [1.807, 2.05) is 30.3 Å². The SMILES string of the molecule is C=CCS(=O)(=O)CC(=O)N(C)Cc1ccccc1. The van der Waals surface area contributed by atoms with Crippen molar-refractivity contribution in [3.63, 3.8) is 0 Å². The standard InChI is InChI=1S/C13H17NO3S/c1-3-9-18(16,17)11-13(15)14(2)10-12-7-5-4-6-8-12/h3-8H,1,9-11H2,2H3. The van der Waals surface area contributed by atoms with E-state index in [0.717, 1.165) is 5.56 Å². The monoisotopic (exact) mass is 267 g/mol. The minimum atomic E-state index is -3.38. The number of nitrogens with zero attached hydrogens (tertiary/aromatic N) is 1. The third-order valence-corrected chi connectivity index (χ3v) is 3.83. The smallest absolute Gasteiger partial charge is 0.237 e. The van der Waals surface area contributed by atoms with Gasteiger partial charge >= 0.3 is 0 Å². The Kier molecular flexibility index (Phi) is 5.09. The molecule has 1 rings (SSSR count). The van der Waals surface area contributed by atoms with Gasteiger partial charge in [-0.05, 0) is 5.56 Å². The molecule has 1 aromatic carbocycles. The lowest BCUT2D eigenvalue weighted by atomic mass is 10.2. The van der Waals surface area contributed by atoms with Crippen molar-refractivity contribution in [2.24, 2.45) is 0 Å². The molecule has 0 aliphatic carbocycles. The fraction of sp³-hybridized carbons (Fsp3) is 0.308. The molecule has 0 spiro atoms. The first kappa shape index (κ1) is 14.4. The maximum Gasteiger partial charge on any atom is 0.237 e. The number of sulfone groups is 1. The van der Waals surface area contributed by atoms with Crippen LogP contribution in [0.25, 0.3) is 0 Å². The highest BCUT2D eigenvalue weighted by Gasteiger charge is 2.18. The normalized spacial score (nSPS) is 10.9. The third-order valence-electron chi connectivity index (χ3n) is 2.40. The molecule has 0 aromatic heterocycles. The van der Waals surface area contributed by atoms with Gasteiger partial charge in [-0.15, -0.1) is 6.58 Å². The second-order valence-corrected chi connectivity index (χ2v) is 6.19. The largest absolute Gasteiger partial charge is 0.341 e. The Bertz CT molecular complexity index is 508. The molecule has 0 atom stereocenters. The van der Waals surface area contributed by atoms with Crippen LogP contribution in [0, 0.1) is 0 Å². The summed E-state index contributed by atoms with van der Waals surface area (Å²) < 4.78 is 23.0. The van der Waals surface area contributed by atoms with E-state index in [1.165, 1.54) is 11.0 Å². The number of hydrogen-bond acceptors (Lipinski definition) is 3. The molecule has 0 unspecified atom stereocenters. The van der Waals surface area contributed by atoms with E-state index in [1.54, 1.807) is 7.05 Å². The van der Waals surface area contributed by atoms with Crippen molar-refractivity contribution >= 4 is 15.7 Å². The lowest BCUT2D eigenvalue weighted by Gasteiger charge is -2.17. The highest BCUT2D eigenvalue weighted by molar-refractivity contribution is 7.92. The van der Waals surface area contributed by atoms with Crippen LogP contribution < -0.4 is 0 Å².